The number of methoxy groups -OCH3 is 1. The van der Waals surface area contributed by atoms with E-state index in [-0.39, 0.29) is 5.56 Å². The Hall–Kier alpha value is -4.77. The molecule has 6 rings (SSSR count). The number of aromatic nitrogens is 5. The van der Waals surface area contributed by atoms with Crippen LogP contribution in [0, 0.1) is 0 Å². The molecule has 1 N–H and O–H groups in total. The van der Waals surface area contributed by atoms with Gasteiger partial charge in [0.1, 0.15) is 17.0 Å². The van der Waals surface area contributed by atoms with Crippen LogP contribution in [0.2, 0.25) is 0 Å². The number of anilines is 3. The Morgan fingerprint density at radius 1 is 1.10 bits per heavy atom. The third kappa shape index (κ3) is 4.16. The van der Waals surface area contributed by atoms with Crippen LogP contribution in [-0.4, -0.2) is 76.1 Å². The van der Waals surface area contributed by atoms with E-state index in [9.17, 15) is 4.79 Å². The normalized spacial score (nSPS) is 14.8. The number of aliphatic imine (C=N–C) groups is 1. The summed E-state index contributed by atoms with van der Waals surface area (Å²) in [5, 5.41) is 4.34. The van der Waals surface area contributed by atoms with E-state index in [2.05, 4.69) is 43.8 Å². The predicted molar refractivity (Wildman–Crippen MR) is 156 cm³/mol. The molecule has 1 fully saturated rings. The Balaban J connectivity index is 1.41. The van der Waals surface area contributed by atoms with Gasteiger partial charge < -0.3 is 19.9 Å². The molecule has 0 spiro atoms. The minimum Gasteiger partial charge on any atom is -0.495 e. The molecule has 0 unspecified atom stereocenters. The van der Waals surface area contributed by atoms with E-state index in [0.717, 1.165) is 54.2 Å². The Morgan fingerprint density at radius 2 is 1.90 bits per heavy atom. The lowest BCUT2D eigenvalue weighted by atomic mass is 10.2. The highest BCUT2D eigenvalue weighted by Crippen LogP contribution is 2.33. The number of likely N-dealkylation sites (N-methyl/N-ethyl adjacent to an activating group) is 1. The van der Waals surface area contributed by atoms with Gasteiger partial charge in [0.15, 0.2) is 11.3 Å². The molecule has 0 amide bonds. The van der Waals surface area contributed by atoms with E-state index >= 15 is 0 Å². The molecule has 11 heteroatoms. The maximum absolute atomic E-state index is 13.7. The zero-order valence-corrected chi connectivity index (χ0v) is 22.1. The summed E-state index contributed by atoms with van der Waals surface area (Å²) in [6.45, 7) is 9.41. The van der Waals surface area contributed by atoms with Crippen molar-refractivity contribution in [3.05, 3.63) is 65.1 Å². The first-order chi connectivity index (χ1) is 19.0. The smallest absolute Gasteiger partial charge is 0.284 e. The third-order valence-corrected chi connectivity index (χ3v) is 7.09. The van der Waals surface area contributed by atoms with Gasteiger partial charge in [0.25, 0.3) is 5.56 Å². The van der Waals surface area contributed by atoms with Gasteiger partial charge in [-0.25, -0.2) is 19.6 Å². The van der Waals surface area contributed by atoms with Gasteiger partial charge in [-0.1, -0.05) is 12.1 Å². The number of para-hydroxylation sites is 1. The molecular weight excluding hydrogens is 494 g/mol. The Kier molecular flexibility index (Phi) is 6.20. The van der Waals surface area contributed by atoms with Crippen molar-refractivity contribution in [2.45, 2.75) is 6.92 Å². The number of benzene rings is 2. The Bertz CT molecular complexity index is 1810. The van der Waals surface area contributed by atoms with E-state index in [4.69, 9.17) is 9.72 Å². The van der Waals surface area contributed by atoms with Crippen molar-refractivity contribution in [1.29, 1.82) is 0 Å². The number of nitrogens with zero attached hydrogens (tertiary/aromatic N) is 8. The van der Waals surface area contributed by atoms with Gasteiger partial charge in [-0.15, -0.1) is 0 Å². The fourth-order valence-electron chi connectivity index (χ4n) is 5.04. The molecule has 4 heterocycles. The molecular formula is C28H29N9O2. The third-order valence-electron chi connectivity index (χ3n) is 7.09. The summed E-state index contributed by atoms with van der Waals surface area (Å²) in [7, 11) is 3.81. The number of hydrogen-bond donors (Lipinski definition) is 1. The molecule has 2 aromatic carbocycles. The topological polar surface area (TPSA) is 105 Å². The monoisotopic (exact) mass is 523 g/mol. The maximum Gasteiger partial charge on any atom is 0.284 e. The molecule has 0 atom stereocenters. The lowest BCUT2D eigenvalue weighted by Crippen LogP contribution is -2.44. The van der Waals surface area contributed by atoms with Crippen LogP contribution in [0.15, 0.2) is 64.5 Å². The number of hydrogen-bond acceptors (Lipinski definition) is 9. The van der Waals surface area contributed by atoms with Crippen LogP contribution in [0.4, 0.5) is 17.3 Å². The Morgan fingerprint density at radius 3 is 2.64 bits per heavy atom. The molecule has 1 aliphatic rings. The van der Waals surface area contributed by atoms with E-state index in [0.29, 0.717) is 28.4 Å². The predicted octanol–water partition coefficient (Wildman–Crippen LogP) is 3.62. The molecule has 0 aliphatic carbocycles. The molecule has 0 saturated carbocycles. The highest BCUT2D eigenvalue weighted by Gasteiger charge is 2.20. The maximum atomic E-state index is 13.7. The van der Waals surface area contributed by atoms with E-state index < -0.39 is 0 Å². The largest absolute Gasteiger partial charge is 0.495 e. The van der Waals surface area contributed by atoms with E-state index in [1.807, 2.05) is 49.4 Å². The zero-order chi connectivity index (χ0) is 27.1. The SMILES string of the molecule is C=N/C(=C\C)n1c2ccccc2c2nc3nc(Nc4ccc(N5CCN(C)CC5)c(OC)c4)ncc3c(=O)n21. The summed E-state index contributed by atoms with van der Waals surface area (Å²) in [6.07, 6.45) is 3.29. The molecule has 1 saturated heterocycles. The second kappa shape index (κ2) is 9.84. The first-order valence-electron chi connectivity index (χ1n) is 12.7. The molecule has 1 aliphatic heterocycles. The molecule has 0 bridgehead atoms. The summed E-state index contributed by atoms with van der Waals surface area (Å²) in [5.41, 5.74) is 3.10. The highest BCUT2D eigenvalue weighted by atomic mass is 16.5. The average molecular weight is 524 g/mol. The summed E-state index contributed by atoms with van der Waals surface area (Å²) in [5.74, 6) is 1.63. The van der Waals surface area contributed by atoms with E-state index in [1.54, 1.807) is 17.9 Å². The van der Waals surface area contributed by atoms with Crippen LogP contribution in [0.1, 0.15) is 6.92 Å². The molecule has 3 aromatic heterocycles. The fourth-order valence-corrected chi connectivity index (χ4v) is 5.04. The quantitative estimate of drug-likeness (QED) is 0.337. The minimum atomic E-state index is -0.293. The van der Waals surface area contributed by atoms with Crippen LogP contribution in [0.3, 0.4) is 0 Å². The first-order valence-corrected chi connectivity index (χ1v) is 12.7. The lowest BCUT2D eigenvalue weighted by molar-refractivity contribution is 0.311. The zero-order valence-electron chi connectivity index (χ0n) is 22.1. The van der Waals surface area contributed by atoms with Crippen LogP contribution in [0.5, 0.6) is 5.75 Å². The standard InChI is InChI=1S/C28H29N9O2/c1-5-24(29-2)36-21-9-7-6-8-19(21)26-32-25-20(27(38)37(26)36)17-30-28(33-25)31-18-10-11-22(23(16-18)39-4)35-14-12-34(3)13-15-35/h5-11,16-17H,2,12-15H2,1,3-4H3,(H,30,31,33)/b24-5+. The minimum absolute atomic E-state index is 0.293. The number of piperazine rings is 1. The van der Waals surface area contributed by atoms with Crippen molar-refractivity contribution in [2.24, 2.45) is 4.99 Å². The molecule has 0 radical (unpaired) electrons. The average Bonchev–Trinajstić information content (AvgIpc) is 3.29. The molecule has 5 aromatic rings. The highest BCUT2D eigenvalue weighted by molar-refractivity contribution is 5.96. The van der Waals surface area contributed by atoms with Gasteiger partial charge in [-0.2, -0.15) is 9.50 Å². The molecule has 39 heavy (non-hydrogen) atoms. The van der Waals surface area contributed by atoms with Crippen LogP contribution < -0.4 is 20.5 Å². The number of fused-ring (bicyclic) bond motifs is 4. The second-order valence-electron chi connectivity index (χ2n) is 9.42. The lowest BCUT2D eigenvalue weighted by Gasteiger charge is -2.34. The fraction of sp³-hybridized carbons (Fsp3) is 0.250. The van der Waals surface area contributed by atoms with Crippen molar-refractivity contribution in [3.63, 3.8) is 0 Å². The van der Waals surface area contributed by atoms with Crippen LogP contribution in [-0.2, 0) is 0 Å². The van der Waals surface area contributed by atoms with Crippen molar-refractivity contribution in [3.8, 4) is 5.75 Å². The number of allylic oxidation sites excluding steroid dienone is 1. The Labute approximate surface area is 224 Å². The van der Waals surface area contributed by atoms with Crippen LogP contribution in [0.25, 0.3) is 33.4 Å². The van der Waals surface area contributed by atoms with Crippen LogP contribution >= 0.6 is 0 Å². The van der Waals surface area contributed by atoms with Crippen molar-refractivity contribution >= 4 is 57.4 Å². The van der Waals surface area contributed by atoms with Gasteiger partial charge in [-0.3, -0.25) is 4.79 Å². The van der Waals surface area contributed by atoms with Gasteiger partial charge in [-0.05, 0) is 51.0 Å². The van der Waals surface area contributed by atoms with Gasteiger partial charge in [0.05, 0.1) is 18.3 Å². The van der Waals surface area contributed by atoms with Crippen molar-refractivity contribution < 1.29 is 4.74 Å². The molecule has 198 valence electrons. The van der Waals surface area contributed by atoms with Gasteiger partial charge in [0, 0.05) is 49.5 Å². The summed E-state index contributed by atoms with van der Waals surface area (Å²) in [6, 6.07) is 13.6. The van der Waals surface area contributed by atoms with Crippen molar-refractivity contribution in [1.82, 2.24) is 29.0 Å². The van der Waals surface area contributed by atoms with Crippen molar-refractivity contribution in [2.75, 3.05) is 50.6 Å². The van der Waals surface area contributed by atoms with Gasteiger partial charge >= 0.3 is 0 Å². The number of rotatable bonds is 6. The number of ether oxygens (including phenoxy) is 1. The first kappa shape index (κ1) is 24.6. The summed E-state index contributed by atoms with van der Waals surface area (Å²) >= 11 is 0. The summed E-state index contributed by atoms with van der Waals surface area (Å²) in [4.78, 5) is 36.2. The second-order valence-corrected chi connectivity index (χ2v) is 9.42. The number of nitrogens with one attached hydrogen (secondary N) is 1. The van der Waals surface area contributed by atoms with E-state index in [1.165, 1.54) is 10.7 Å². The molecule has 11 nitrogen and oxygen atoms in total. The van der Waals surface area contributed by atoms with Gasteiger partial charge in [0.2, 0.25) is 5.95 Å². The summed E-state index contributed by atoms with van der Waals surface area (Å²) < 4.78 is 8.92.